The van der Waals surface area contributed by atoms with Gasteiger partial charge < -0.3 is 5.32 Å². The molecule has 1 N–H and O–H groups in total. The van der Waals surface area contributed by atoms with Crippen LogP contribution in [0.3, 0.4) is 0 Å². The lowest BCUT2D eigenvalue weighted by atomic mass is 9.75. The van der Waals surface area contributed by atoms with E-state index in [0.29, 0.717) is 11.5 Å². The third kappa shape index (κ3) is 3.78. The van der Waals surface area contributed by atoms with Gasteiger partial charge in [0.25, 0.3) is 0 Å². The van der Waals surface area contributed by atoms with E-state index in [1.807, 2.05) is 0 Å². The first-order valence-electron chi connectivity index (χ1n) is 7.57. The van der Waals surface area contributed by atoms with Crippen molar-refractivity contribution in [3.8, 4) is 0 Å². The van der Waals surface area contributed by atoms with Gasteiger partial charge in [0.1, 0.15) is 11.6 Å². The first-order valence-corrected chi connectivity index (χ1v) is 7.57. The highest BCUT2D eigenvalue weighted by molar-refractivity contribution is 5.25. The second-order valence-electron chi connectivity index (χ2n) is 6.92. The van der Waals surface area contributed by atoms with Gasteiger partial charge in [-0.1, -0.05) is 18.9 Å². The van der Waals surface area contributed by atoms with Crippen molar-refractivity contribution in [3.05, 3.63) is 35.4 Å². The quantitative estimate of drug-likeness (QED) is 0.852. The van der Waals surface area contributed by atoms with Gasteiger partial charge in [-0.3, -0.25) is 0 Å². The van der Waals surface area contributed by atoms with E-state index in [1.165, 1.54) is 18.2 Å². The van der Waals surface area contributed by atoms with Crippen molar-refractivity contribution in [1.82, 2.24) is 5.32 Å². The average Bonchev–Trinajstić information content (AvgIpc) is 2.36. The number of nitrogens with one attached hydrogen (secondary N) is 1. The highest BCUT2D eigenvalue weighted by atomic mass is 19.1. The van der Waals surface area contributed by atoms with Crippen LogP contribution in [0, 0.1) is 17.6 Å². The molecule has 1 aromatic rings. The van der Waals surface area contributed by atoms with Gasteiger partial charge >= 0.3 is 0 Å². The standard InChI is InChI=1S/C17H25F2N/c1-17(2,3)20-11-12-7-4-5-8-13(12)16-14(18)9-6-10-15(16)19/h6,9-10,12-13,20H,4-5,7-8,11H2,1-3H3. The summed E-state index contributed by atoms with van der Waals surface area (Å²) < 4.78 is 28.0. The lowest BCUT2D eigenvalue weighted by Gasteiger charge is -2.34. The van der Waals surface area contributed by atoms with Crippen molar-refractivity contribution in [2.24, 2.45) is 5.92 Å². The van der Waals surface area contributed by atoms with E-state index in [2.05, 4.69) is 26.1 Å². The van der Waals surface area contributed by atoms with Crippen LogP contribution < -0.4 is 5.32 Å². The summed E-state index contributed by atoms with van der Waals surface area (Å²) in [5, 5.41) is 3.49. The maximum atomic E-state index is 14.0. The molecule has 3 heteroatoms. The van der Waals surface area contributed by atoms with Crippen LogP contribution >= 0.6 is 0 Å². The van der Waals surface area contributed by atoms with Gasteiger partial charge in [0, 0.05) is 11.1 Å². The van der Waals surface area contributed by atoms with Crippen molar-refractivity contribution in [1.29, 1.82) is 0 Å². The number of rotatable bonds is 3. The van der Waals surface area contributed by atoms with Gasteiger partial charge in [0.2, 0.25) is 0 Å². The third-order valence-corrected chi connectivity index (χ3v) is 4.17. The molecule has 1 nitrogen and oxygen atoms in total. The summed E-state index contributed by atoms with van der Waals surface area (Å²) in [7, 11) is 0. The molecule has 0 radical (unpaired) electrons. The van der Waals surface area contributed by atoms with Crippen molar-refractivity contribution in [2.45, 2.75) is 57.9 Å². The van der Waals surface area contributed by atoms with Gasteiger partial charge in [-0.15, -0.1) is 0 Å². The minimum Gasteiger partial charge on any atom is -0.312 e. The molecule has 0 bridgehead atoms. The minimum absolute atomic E-state index is 0.000185. The molecule has 1 saturated carbocycles. The Labute approximate surface area is 120 Å². The van der Waals surface area contributed by atoms with Crippen molar-refractivity contribution >= 4 is 0 Å². The molecular weight excluding hydrogens is 256 g/mol. The summed E-state index contributed by atoms with van der Waals surface area (Å²) >= 11 is 0. The highest BCUT2D eigenvalue weighted by Crippen LogP contribution is 2.39. The van der Waals surface area contributed by atoms with Crippen LogP contribution in [0.4, 0.5) is 8.78 Å². The van der Waals surface area contributed by atoms with E-state index in [0.717, 1.165) is 32.2 Å². The monoisotopic (exact) mass is 281 g/mol. The molecule has 2 atom stereocenters. The van der Waals surface area contributed by atoms with Crippen LogP contribution in [0.5, 0.6) is 0 Å². The van der Waals surface area contributed by atoms with E-state index in [9.17, 15) is 8.78 Å². The summed E-state index contributed by atoms with van der Waals surface area (Å²) in [6, 6.07) is 4.20. The van der Waals surface area contributed by atoms with Crippen LogP contribution in [-0.2, 0) is 0 Å². The molecule has 0 spiro atoms. The van der Waals surface area contributed by atoms with E-state index in [-0.39, 0.29) is 11.5 Å². The fourth-order valence-corrected chi connectivity index (χ4v) is 3.13. The number of hydrogen-bond donors (Lipinski definition) is 1. The molecular formula is C17H25F2N. The lowest BCUT2D eigenvalue weighted by Crippen LogP contribution is -2.41. The van der Waals surface area contributed by atoms with E-state index >= 15 is 0 Å². The Hall–Kier alpha value is -0.960. The highest BCUT2D eigenvalue weighted by Gasteiger charge is 2.31. The van der Waals surface area contributed by atoms with E-state index in [4.69, 9.17) is 0 Å². The second-order valence-corrected chi connectivity index (χ2v) is 6.92. The van der Waals surface area contributed by atoms with Gasteiger partial charge in [0.05, 0.1) is 0 Å². The number of halogens is 2. The van der Waals surface area contributed by atoms with E-state index < -0.39 is 11.6 Å². The topological polar surface area (TPSA) is 12.0 Å². The average molecular weight is 281 g/mol. The Balaban J connectivity index is 2.18. The zero-order chi connectivity index (χ0) is 14.8. The number of benzene rings is 1. The van der Waals surface area contributed by atoms with Gasteiger partial charge in [-0.25, -0.2) is 8.78 Å². The molecule has 0 heterocycles. The molecule has 0 saturated heterocycles. The smallest absolute Gasteiger partial charge is 0.129 e. The lowest BCUT2D eigenvalue weighted by molar-refractivity contribution is 0.261. The number of hydrogen-bond acceptors (Lipinski definition) is 1. The zero-order valence-electron chi connectivity index (χ0n) is 12.7. The molecule has 1 aliphatic carbocycles. The fourth-order valence-electron chi connectivity index (χ4n) is 3.13. The van der Waals surface area contributed by atoms with Crippen LogP contribution in [-0.4, -0.2) is 12.1 Å². The Morgan fingerprint density at radius 1 is 1.10 bits per heavy atom. The second kappa shape index (κ2) is 6.21. The van der Waals surface area contributed by atoms with Gasteiger partial charge in [-0.05, 0) is 64.1 Å². The summed E-state index contributed by atoms with van der Waals surface area (Å²) in [5.74, 6) is -0.468. The summed E-state index contributed by atoms with van der Waals surface area (Å²) in [6.07, 6.45) is 4.14. The minimum atomic E-state index is -0.391. The molecule has 0 aromatic heterocycles. The SMILES string of the molecule is CC(C)(C)NCC1CCCCC1c1c(F)cccc1F. The summed E-state index contributed by atoms with van der Waals surface area (Å²) in [5.41, 5.74) is 0.336. The molecule has 0 aliphatic heterocycles. The molecule has 1 aromatic carbocycles. The maximum absolute atomic E-state index is 14.0. The maximum Gasteiger partial charge on any atom is 0.129 e. The molecule has 0 amide bonds. The van der Waals surface area contributed by atoms with Gasteiger partial charge in [0.15, 0.2) is 0 Å². The van der Waals surface area contributed by atoms with Crippen LogP contribution in [0.1, 0.15) is 57.9 Å². The molecule has 2 rings (SSSR count). The fraction of sp³-hybridized carbons (Fsp3) is 0.647. The largest absolute Gasteiger partial charge is 0.312 e. The predicted molar refractivity (Wildman–Crippen MR) is 78.8 cm³/mol. The van der Waals surface area contributed by atoms with Crippen molar-refractivity contribution in [2.75, 3.05) is 6.54 Å². The van der Waals surface area contributed by atoms with Crippen LogP contribution in [0.25, 0.3) is 0 Å². The molecule has 1 fully saturated rings. The Kier molecular flexibility index (Phi) is 4.79. The van der Waals surface area contributed by atoms with Crippen LogP contribution in [0.2, 0.25) is 0 Å². The Morgan fingerprint density at radius 2 is 1.70 bits per heavy atom. The Bertz CT molecular complexity index is 431. The molecule has 112 valence electrons. The molecule has 2 unspecified atom stereocenters. The Morgan fingerprint density at radius 3 is 2.30 bits per heavy atom. The van der Waals surface area contributed by atoms with Crippen molar-refractivity contribution < 1.29 is 8.78 Å². The first kappa shape index (κ1) is 15.4. The third-order valence-electron chi connectivity index (χ3n) is 4.17. The summed E-state index contributed by atoms with van der Waals surface area (Å²) in [4.78, 5) is 0. The summed E-state index contributed by atoms with van der Waals surface area (Å²) in [6.45, 7) is 7.18. The first-order chi connectivity index (χ1) is 9.38. The van der Waals surface area contributed by atoms with Gasteiger partial charge in [-0.2, -0.15) is 0 Å². The van der Waals surface area contributed by atoms with Crippen molar-refractivity contribution in [3.63, 3.8) is 0 Å². The normalized spacial score (nSPS) is 23.9. The van der Waals surface area contributed by atoms with Crippen LogP contribution in [0.15, 0.2) is 18.2 Å². The molecule has 1 aliphatic rings. The predicted octanol–water partition coefficient (Wildman–Crippen LogP) is 4.63. The van der Waals surface area contributed by atoms with E-state index in [1.54, 1.807) is 0 Å². The molecule has 20 heavy (non-hydrogen) atoms. The zero-order valence-corrected chi connectivity index (χ0v) is 12.7.